The Morgan fingerprint density at radius 2 is 1.79 bits per heavy atom. The minimum absolute atomic E-state index is 0.129. The van der Waals surface area contributed by atoms with Crippen LogP contribution in [-0.4, -0.2) is 67.7 Å². The van der Waals surface area contributed by atoms with Gasteiger partial charge in [-0.2, -0.15) is 0 Å². The Balaban J connectivity index is 1.85. The van der Waals surface area contributed by atoms with Crippen molar-refractivity contribution in [3.63, 3.8) is 0 Å². The number of benzene rings is 1. The minimum Gasteiger partial charge on any atom is -0.345 e. The highest BCUT2D eigenvalue weighted by Gasteiger charge is 2.47. The van der Waals surface area contributed by atoms with E-state index < -0.39 is 29.4 Å². The summed E-state index contributed by atoms with van der Waals surface area (Å²) in [6, 6.07) is 7.69. The SMILES string of the molecule is CN[C@@H](Cc1ccccc1)C(=O)N[C@@H](CCCCN)C(=O)[C@]([C]=O)(CC1CCCCC1)NC(=O)[C@@H]1CCCN1. The smallest absolute Gasteiger partial charge is 0.238 e. The van der Waals surface area contributed by atoms with Crippen molar-refractivity contribution in [3.05, 3.63) is 35.9 Å². The van der Waals surface area contributed by atoms with Crippen LogP contribution in [0.3, 0.4) is 0 Å². The van der Waals surface area contributed by atoms with Crippen molar-refractivity contribution in [2.24, 2.45) is 11.7 Å². The lowest BCUT2D eigenvalue weighted by Crippen LogP contribution is -2.65. The van der Waals surface area contributed by atoms with Crippen LogP contribution < -0.4 is 27.0 Å². The number of ketones is 1. The summed E-state index contributed by atoms with van der Waals surface area (Å²) in [5.41, 5.74) is 4.89. The quantitative estimate of drug-likeness (QED) is 0.159. The summed E-state index contributed by atoms with van der Waals surface area (Å²) in [6.07, 6.45) is 10.8. The van der Waals surface area contributed by atoms with Gasteiger partial charge in [-0.05, 0) is 76.6 Å². The molecule has 6 N–H and O–H groups in total. The summed E-state index contributed by atoms with van der Waals surface area (Å²) in [7, 11) is 1.71. The molecule has 1 aliphatic carbocycles. The van der Waals surface area contributed by atoms with Crippen LogP contribution in [0.25, 0.3) is 0 Å². The molecule has 1 aliphatic heterocycles. The molecule has 0 bridgehead atoms. The van der Waals surface area contributed by atoms with Crippen molar-refractivity contribution in [2.75, 3.05) is 20.1 Å². The molecule has 1 saturated heterocycles. The first-order valence-corrected chi connectivity index (χ1v) is 14.6. The maximum absolute atomic E-state index is 14.3. The summed E-state index contributed by atoms with van der Waals surface area (Å²) in [4.78, 5) is 53.6. The summed E-state index contributed by atoms with van der Waals surface area (Å²) >= 11 is 0. The fraction of sp³-hybridized carbons (Fsp3) is 0.667. The molecule has 1 aromatic rings. The molecule has 1 heterocycles. The molecule has 0 unspecified atom stereocenters. The molecule has 2 fully saturated rings. The number of nitrogens with one attached hydrogen (secondary N) is 4. The van der Waals surface area contributed by atoms with Gasteiger partial charge in [0.15, 0.2) is 11.3 Å². The maximum atomic E-state index is 14.3. The van der Waals surface area contributed by atoms with E-state index in [4.69, 9.17) is 5.73 Å². The number of Topliss-reactive ketones (excluding diaryl/α,β-unsaturated/α-hetero) is 1. The second kappa shape index (κ2) is 15.8. The molecule has 1 aromatic carbocycles. The van der Waals surface area contributed by atoms with Crippen molar-refractivity contribution in [1.82, 2.24) is 21.3 Å². The molecule has 0 aromatic heterocycles. The van der Waals surface area contributed by atoms with Gasteiger partial charge in [0.25, 0.3) is 0 Å². The summed E-state index contributed by atoms with van der Waals surface area (Å²) < 4.78 is 0. The Kier molecular flexibility index (Phi) is 12.6. The van der Waals surface area contributed by atoms with Crippen LogP contribution in [0.15, 0.2) is 30.3 Å². The Labute approximate surface area is 232 Å². The van der Waals surface area contributed by atoms with Crippen molar-refractivity contribution < 1.29 is 19.2 Å². The van der Waals surface area contributed by atoms with Gasteiger partial charge in [-0.25, -0.2) is 0 Å². The molecule has 3 rings (SSSR count). The molecule has 9 heteroatoms. The Bertz CT molecular complexity index is 931. The standard InChI is InChI=1S/C30H46N5O4/c1-32-26(19-22-11-4-2-5-12-22)28(38)34-24(15-8-9-17-31)27(37)30(21-36,20-23-13-6-3-7-14-23)35-29(39)25-16-10-18-33-25/h2,4-5,11-12,23-26,32-33H,3,6-10,13-20,31H2,1H3,(H,34,38)(H,35,39)/t24-,25-,26-,30+/m0/s1. The van der Waals surface area contributed by atoms with Gasteiger partial charge in [-0.15, -0.1) is 0 Å². The van der Waals surface area contributed by atoms with Crippen LogP contribution in [0.1, 0.15) is 76.2 Å². The molecule has 2 aliphatic rings. The highest BCUT2D eigenvalue weighted by Crippen LogP contribution is 2.32. The third-order valence-electron chi connectivity index (χ3n) is 8.16. The van der Waals surface area contributed by atoms with Gasteiger partial charge in [0, 0.05) is 0 Å². The van der Waals surface area contributed by atoms with E-state index in [0.29, 0.717) is 38.6 Å². The number of hydrogen-bond acceptors (Lipinski definition) is 7. The molecule has 215 valence electrons. The van der Waals surface area contributed by atoms with Gasteiger partial charge >= 0.3 is 0 Å². The first-order valence-electron chi connectivity index (χ1n) is 14.6. The zero-order valence-corrected chi connectivity index (χ0v) is 23.3. The second-order valence-electron chi connectivity index (χ2n) is 11.1. The zero-order chi connectivity index (χ0) is 28.1. The number of rotatable bonds is 16. The minimum atomic E-state index is -1.81. The molecule has 39 heavy (non-hydrogen) atoms. The third kappa shape index (κ3) is 8.95. The van der Waals surface area contributed by atoms with Crippen LogP contribution in [0, 0.1) is 5.92 Å². The van der Waals surface area contributed by atoms with Gasteiger partial charge in [-0.3, -0.25) is 19.2 Å². The number of amides is 2. The van der Waals surface area contributed by atoms with Gasteiger partial charge in [0.05, 0.1) is 18.1 Å². The van der Waals surface area contributed by atoms with E-state index in [-0.39, 0.29) is 24.2 Å². The van der Waals surface area contributed by atoms with Crippen LogP contribution >= 0.6 is 0 Å². The number of hydrogen-bond donors (Lipinski definition) is 5. The molecule has 1 saturated carbocycles. The lowest BCUT2D eigenvalue weighted by molar-refractivity contribution is -0.134. The van der Waals surface area contributed by atoms with Crippen molar-refractivity contribution in [1.29, 1.82) is 0 Å². The van der Waals surface area contributed by atoms with Crippen LogP contribution in [0.5, 0.6) is 0 Å². The lowest BCUT2D eigenvalue weighted by atomic mass is 9.75. The van der Waals surface area contributed by atoms with E-state index in [9.17, 15) is 19.2 Å². The van der Waals surface area contributed by atoms with Gasteiger partial charge in [0.2, 0.25) is 18.1 Å². The normalized spacial score (nSPS) is 20.9. The molecule has 1 radical (unpaired) electrons. The number of likely N-dealkylation sites (N-methyl/N-ethyl adjacent to an activating group) is 1. The fourth-order valence-electron chi connectivity index (χ4n) is 5.87. The number of unbranched alkanes of at least 4 members (excludes halogenated alkanes) is 1. The number of carbonyl (C=O) groups excluding carboxylic acids is 4. The van der Waals surface area contributed by atoms with Gasteiger partial charge < -0.3 is 27.0 Å². The van der Waals surface area contributed by atoms with E-state index in [1.54, 1.807) is 7.05 Å². The second-order valence-corrected chi connectivity index (χ2v) is 11.1. The third-order valence-corrected chi connectivity index (χ3v) is 8.16. The van der Waals surface area contributed by atoms with Crippen molar-refractivity contribution in [2.45, 2.75) is 101 Å². The van der Waals surface area contributed by atoms with E-state index in [1.165, 1.54) is 0 Å². The molecule has 0 spiro atoms. The zero-order valence-electron chi connectivity index (χ0n) is 23.3. The fourth-order valence-corrected chi connectivity index (χ4v) is 5.87. The Hall–Kier alpha value is -2.62. The number of nitrogens with two attached hydrogens (primary N) is 1. The van der Waals surface area contributed by atoms with Crippen molar-refractivity contribution >= 4 is 23.9 Å². The molecule has 2 amide bonds. The van der Waals surface area contributed by atoms with E-state index in [2.05, 4.69) is 21.3 Å². The van der Waals surface area contributed by atoms with Crippen LogP contribution in [-0.2, 0) is 25.6 Å². The highest BCUT2D eigenvalue weighted by atomic mass is 16.2. The Morgan fingerprint density at radius 1 is 1.05 bits per heavy atom. The molecular weight excluding hydrogens is 494 g/mol. The van der Waals surface area contributed by atoms with Gasteiger partial charge in [-0.1, -0.05) is 62.4 Å². The average Bonchev–Trinajstić information content (AvgIpc) is 3.51. The topological polar surface area (TPSA) is 142 Å². The van der Waals surface area contributed by atoms with Crippen LogP contribution in [0.4, 0.5) is 0 Å². The Morgan fingerprint density at radius 3 is 2.41 bits per heavy atom. The van der Waals surface area contributed by atoms with E-state index in [1.807, 2.05) is 36.6 Å². The monoisotopic (exact) mass is 540 g/mol. The molecular formula is C30H46N5O4. The van der Waals surface area contributed by atoms with Gasteiger partial charge in [0.1, 0.15) is 0 Å². The highest BCUT2D eigenvalue weighted by molar-refractivity contribution is 6.10. The summed E-state index contributed by atoms with van der Waals surface area (Å²) in [5.74, 6) is -1.04. The lowest BCUT2D eigenvalue weighted by Gasteiger charge is -2.36. The predicted octanol–water partition coefficient (Wildman–Crippen LogP) is 1.69. The average molecular weight is 541 g/mol. The molecule has 9 nitrogen and oxygen atoms in total. The molecule has 4 atom stereocenters. The number of carbonyl (C=O) groups is 3. The van der Waals surface area contributed by atoms with Crippen molar-refractivity contribution in [3.8, 4) is 0 Å². The maximum Gasteiger partial charge on any atom is 0.238 e. The summed E-state index contributed by atoms with van der Waals surface area (Å²) in [5, 5.41) is 12.0. The largest absolute Gasteiger partial charge is 0.345 e. The van der Waals surface area contributed by atoms with E-state index in [0.717, 1.165) is 50.6 Å². The predicted molar refractivity (Wildman–Crippen MR) is 152 cm³/mol. The first kappa shape index (κ1) is 30.9. The van der Waals surface area contributed by atoms with E-state index >= 15 is 0 Å². The first-order chi connectivity index (χ1) is 18.9. The summed E-state index contributed by atoms with van der Waals surface area (Å²) in [6.45, 7) is 1.18. The van der Waals surface area contributed by atoms with Crippen LogP contribution in [0.2, 0.25) is 0 Å².